The van der Waals surface area contributed by atoms with Gasteiger partial charge in [0.1, 0.15) is 18.2 Å². The lowest BCUT2D eigenvalue weighted by molar-refractivity contribution is -0.116. The van der Waals surface area contributed by atoms with Crippen LogP contribution in [0.2, 0.25) is 0 Å². The van der Waals surface area contributed by atoms with Gasteiger partial charge in [-0.3, -0.25) is 9.69 Å². The zero-order chi connectivity index (χ0) is 18.4. The van der Waals surface area contributed by atoms with Crippen LogP contribution in [-0.4, -0.2) is 42.2 Å². The van der Waals surface area contributed by atoms with E-state index in [1.165, 1.54) is 12.1 Å². The summed E-state index contributed by atoms with van der Waals surface area (Å²) in [6.07, 6.45) is 1.21. The molecule has 0 unspecified atom stereocenters. The van der Waals surface area contributed by atoms with Crippen LogP contribution in [-0.2, 0) is 17.8 Å². The molecule has 5 nitrogen and oxygen atoms in total. The first-order chi connectivity index (χ1) is 12.6. The molecule has 0 aliphatic carbocycles. The third-order valence-corrected chi connectivity index (χ3v) is 4.36. The Morgan fingerprint density at radius 2 is 2.04 bits per heavy atom. The number of ether oxygens (including phenoxy) is 1. The largest absolute Gasteiger partial charge is 0.492 e. The molecule has 0 radical (unpaired) electrons. The quantitative estimate of drug-likeness (QED) is 0.761. The standard InChI is InChI=1S/C20H23FN2O3/c21-17-3-1-2-15(12-17)14-23(8-10-24)9-11-26-18-5-6-19-16(13-18)4-7-20(25)22-19/h1-3,5-6,12-13,24H,4,7-11,14H2,(H,22,25). The molecule has 0 saturated heterocycles. The Hall–Kier alpha value is -2.44. The van der Waals surface area contributed by atoms with E-state index in [0.29, 0.717) is 39.1 Å². The van der Waals surface area contributed by atoms with Crippen LogP contribution >= 0.6 is 0 Å². The summed E-state index contributed by atoms with van der Waals surface area (Å²) in [5.74, 6) is 0.543. The minimum absolute atomic E-state index is 0.0356. The highest BCUT2D eigenvalue weighted by atomic mass is 19.1. The molecule has 2 aromatic rings. The lowest BCUT2D eigenvalue weighted by Gasteiger charge is -2.22. The molecule has 0 bridgehead atoms. The molecule has 0 aromatic heterocycles. The van der Waals surface area contributed by atoms with Crippen LogP contribution in [0.1, 0.15) is 17.5 Å². The van der Waals surface area contributed by atoms with E-state index in [2.05, 4.69) is 5.32 Å². The van der Waals surface area contributed by atoms with Crippen LogP contribution in [0.15, 0.2) is 42.5 Å². The number of aliphatic hydroxyl groups is 1. The van der Waals surface area contributed by atoms with Gasteiger partial charge >= 0.3 is 0 Å². The van der Waals surface area contributed by atoms with Crippen molar-refractivity contribution in [1.82, 2.24) is 4.90 Å². The van der Waals surface area contributed by atoms with Crippen LogP contribution in [0.3, 0.4) is 0 Å². The number of aryl methyl sites for hydroxylation is 1. The number of aliphatic hydroxyl groups excluding tert-OH is 1. The number of nitrogens with zero attached hydrogens (tertiary/aromatic N) is 1. The molecule has 0 fully saturated rings. The molecular weight excluding hydrogens is 335 g/mol. The third kappa shape index (κ3) is 5.03. The van der Waals surface area contributed by atoms with Crippen molar-refractivity contribution in [2.24, 2.45) is 0 Å². The highest BCUT2D eigenvalue weighted by Crippen LogP contribution is 2.26. The van der Waals surface area contributed by atoms with Gasteiger partial charge < -0.3 is 15.2 Å². The molecule has 1 aliphatic heterocycles. The molecule has 2 aromatic carbocycles. The molecule has 3 rings (SSSR count). The number of carbonyl (C=O) groups excluding carboxylic acids is 1. The minimum Gasteiger partial charge on any atom is -0.492 e. The Labute approximate surface area is 152 Å². The van der Waals surface area contributed by atoms with E-state index in [-0.39, 0.29) is 18.3 Å². The van der Waals surface area contributed by atoms with Crippen molar-refractivity contribution in [1.29, 1.82) is 0 Å². The number of carbonyl (C=O) groups is 1. The first-order valence-corrected chi connectivity index (χ1v) is 8.77. The Balaban J connectivity index is 1.54. The zero-order valence-electron chi connectivity index (χ0n) is 14.6. The number of anilines is 1. The van der Waals surface area contributed by atoms with Crippen LogP contribution < -0.4 is 10.1 Å². The number of rotatable bonds is 8. The fraction of sp³-hybridized carbons (Fsp3) is 0.350. The first-order valence-electron chi connectivity index (χ1n) is 8.77. The van der Waals surface area contributed by atoms with E-state index < -0.39 is 0 Å². The highest BCUT2D eigenvalue weighted by Gasteiger charge is 2.15. The highest BCUT2D eigenvalue weighted by molar-refractivity contribution is 5.93. The molecule has 0 atom stereocenters. The molecule has 138 valence electrons. The van der Waals surface area contributed by atoms with Gasteiger partial charge in [0.25, 0.3) is 0 Å². The lowest BCUT2D eigenvalue weighted by Crippen LogP contribution is -2.30. The second-order valence-corrected chi connectivity index (χ2v) is 6.35. The van der Waals surface area contributed by atoms with Gasteiger partial charge in [-0.1, -0.05) is 12.1 Å². The van der Waals surface area contributed by atoms with Crippen molar-refractivity contribution in [3.63, 3.8) is 0 Å². The molecule has 26 heavy (non-hydrogen) atoms. The summed E-state index contributed by atoms with van der Waals surface area (Å²) in [7, 11) is 0. The van der Waals surface area contributed by atoms with Gasteiger partial charge in [-0.2, -0.15) is 0 Å². The van der Waals surface area contributed by atoms with Crippen LogP contribution in [0.5, 0.6) is 5.75 Å². The predicted octanol–water partition coefficient (Wildman–Crippen LogP) is 2.58. The van der Waals surface area contributed by atoms with Crippen molar-refractivity contribution in [3.8, 4) is 5.75 Å². The number of nitrogens with one attached hydrogen (secondary N) is 1. The average molecular weight is 358 g/mol. The van der Waals surface area contributed by atoms with E-state index >= 15 is 0 Å². The molecule has 0 saturated carbocycles. The maximum Gasteiger partial charge on any atom is 0.224 e. The van der Waals surface area contributed by atoms with Gasteiger partial charge in [-0.05, 0) is 47.9 Å². The second-order valence-electron chi connectivity index (χ2n) is 6.35. The predicted molar refractivity (Wildman–Crippen MR) is 97.7 cm³/mol. The molecule has 1 heterocycles. The first kappa shape index (κ1) is 18.4. The van der Waals surface area contributed by atoms with Crippen LogP contribution in [0.25, 0.3) is 0 Å². The number of fused-ring (bicyclic) bond motifs is 1. The van der Waals surface area contributed by atoms with Crippen LogP contribution in [0, 0.1) is 5.82 Å². The number of halogens is 1. The van der Waals surface area contributed by atoms with Crippen molar-refractivity contribution >= 4 is 11.6 Å². The van der Waals surface area contributed by atoms with Gasteiger partial charge in [-0.15, -0.1) is 0 Å². The Bertz CT molecular complexity index is 766. The van der Waals surface area contributed by atoms with Crippen LogP contribution in [0.4, 0.5) is 10.1 Å². The maximum absolute atomic E-state index is 13.3. The third-order valence-electron chi connectivity index (χ3n) is 4.36. The topological polar surface area (TPSA) is 61.8 Å². The zero-order valence-corrected chi connectivity index (χ0v) is 14.6. The summed E-state index contributed by atoms with van der Waals surface area (Å²) in [4.78, 5) is 13.4. The normalized spacial score (nSPS) is 13.4. The number of hydrogen-bond acceptors (Lipinski definition) is 4. The molecule has 0 spiro atoms. The smallest absolute Gasteiger partial charge is 0.224 e. The van der Waals surface area contributed by atoms with Gasteiger partial charge in [-0.25, -0.2) is 4.39 Å². The Kier molecular flexibility index (Phi) is 6.20. The summed E-state index contributed by atoms with van der Waals surface area (Å²) >= 11 is 0. The summed E-state index contributed by atoms with van der Waals surface area (Å²) in [5, 5.41) is 12.1. The fourth-order valence-electron chi connectivity index (χ4n) is 3.05. The number of amides is 1. The molecule has 1 amide bonds. The van der Waals surface area contributed by atoms with Gasteiger partial charge in [0, 0.05) is 31.7 Å². The minimum atomic E-state index is -0.260. The van der Waals surface area contributed by atoms with E-state index in [0.717, 1.165) is 22.6 Å². The SMILES string of the molecule is O=C1CCc2cc(OCCN(CCO)Cc3cccc(F)c3)ccc2N1. The van der Waals surface area contributed by atoms with Crippen molar-refractivity contribution in [2.75, 3.05) is 31.6 Å². The van der Waals surface area contributed by atoms with E-state index in [1.807, 2.05) is 29.2 Å². The maximum atomic E-state index is 13.3. The average Bonchev–Trinajstić information content (AvgIpc) is 2.62. The van der Waals surface area contributed by atoms with E-state index in [4.69, 9.17) is 4.74 Å². The molecule has 6 heteroatoms. The number of hydrogen-bond donors (Lipinski definition) is 2. The van der Waals surface area contributed by atoms with Gasteiger partial charge in [0.15, 0.2) is 0 Å². The van der Waals surface area contributed by atoms with E-state index in [9.17, 15) is 14.3 Å². The fourth-order valence-corrected chi connectivity index (χ4v) is 3.05. The molecule has 1 aliphatic rings. The molecular formula is C20H23FN2O3. The summed E-state index contributed by atoms with van der Waals surface area (Å²) < 4.78 is 19.1. The van der Waals surface area contributed by atoms with Gasteiger partial charge in [0.05, 0.1) is 6.61 Å². The van der Waals surface area contributed by atoms with Gasteiger partial charge in [0.2, 0.25) is 5.91 Å². The Morgan fingerprint density at radius 1 is 1.15 bits per heavy atom. The number of benzene rings is 2. The van der Waals surface area contributed by atoms with Crippen molar-refractivity contribution in [3.05, 3.63) is 59.4 Å². The van der Waals surface area contributed by atoms with E-state index in [1.54, 1.807) is 6.07 Å². The second kappa shape index (κ2) is 8.78. The summed E-state index contributed by atoms with van der Waals surface area (Å²) in [6, 6.07) is 12.1. The summed E-state index contributed by atoms with van der Waals surface area (Å²) in [5.41, 5.74) is 2.79. The Morgan fingerprint density at radius 3 is 2.85 bits per heavy atom. The van der Waals surface area contributed by atoms with Crippen molar-refractivity contribution < 1.29 is 19.0 Å². The summed E-state index contributed by atoms with van der Waals surface area (Å²) in [6.45, 7) is 2.16. The lowest BCUT2D eigenvalue weighted by atomic mass is 10.0. The monoisotopic (exact) mass is 358 g/mol. The molecule has 2 N–H and O–H groups in total. The van der Waals surface area contributed by atoms with Crippen molar-refractivity contribution in [2.45, 2.75) is 19.4 Å².